The molecule has 1 aromatic heterocycles. The molecule has 0 spiro atoms. The van der Waals surface area contributed by atoms with Crippen molar-refractivity contribution in [1.29, 1.82) is 0 Å². The molecule has 2 aliphatic heterocycles. The first kappa shape index (κ1) is 19.9. The summed E-state index contributed by atoms with van der Waals surface area (Å²) in [5.41, 5.74) is 1.19. The quantitative estimate of drug-likeness (QED) is 0.724. The third kappa shape index (κ3) is 5.56. The third-order valence-electron chi connectivity index (χ3n) is 5.58. The van der Waals surface area contributed by atoms with Crippen LogP contribution in [0.2, 0.25) is 0 Å². The van der Waals surface area contributed by atoms with Gasteiger partial charge in [0.05, 0.1) is 0 Å². The Labute approximate surface area is 178 Å². The Morgan fingerprint density at radius 3 is 1.93 bits per heavy atom. The maximum atomic E-state index is 5.51. The largest absolute Gasteiger partial charge is 0.358 e. The standard InChI is InChI=1S/C22H30N6S/c29-22(23-17-18-10-4-1-5-11-18)26-21-24-19(27-12-6-2-7-13-27)16-20(25-21)28-14-8-3-9-15-28/h1,4-5,10-11,16H,2-3,6-9,12-15,17H2,(H2,23,24,25,26,29). The Bertz CT molecular complexity index is 764. The van der Waals surface area contributed by atoms with Crippen molar-refractivity contribution >= 4 is 34.9 Å². The fourth-order valence-corrected chi connectivity index (χ4v) is 4.14. The summed E-state index contributed by atoms with van der Waals surface area (Å²) in [6.45, 7) is 4.93. The van der Waals surface area contributed by atoms with Crippen molar-refractivity contribution in [3.05, 3.63) is 42.0 Å². The van der Waals surface area contributed by atoms with Crippen LogP contribution in [0.15, 0.2) is 36.4 Å². The van der Waals surface area contributed by atoms with Gasteiger partial charge in [-0.3, -0.25) is 0 Å². The van der Waals surface area contributed by atoms with Crippen molar-refractivity contribution in [2.24, 2.45) is 0 Å². The van der Waals surface area contributed by atoms with E-state index in [0.29, 0.717) is 17.6 Å². The molecule has 29 heavy (non-hydrogen) atoms. The van der Waals surface area contributed by atoms with Gasteiger partial charge in [0.15, 0.2) is 5.11 Å². The van der Waals surface area contributed by atoms with Gasteiger partial charge in [0.2, 0.25) is 5.95 Å². The number of rotatable bonds is 5. The lowest BCUT2D eigenvalue weighted by Crippen LogP contribution is -2.34. The molecule has 0 saturated carbocycles. The van der Waals surface area contributed by atoms with Crippen LogP contribution in [0.25, 0.3) is 0 Å². The first-order valence-corrected chi connectivity index (χ1v) is 11.2. The van der Waals surface area contributed by atoms with Crippen molar-refractivity contribution in [1.82, 2.24) is 15.3 Å². The molecule has 2 N–H and O–H groups in total. The summed E-state index contributed by atoms with van der Waals surface area (Å²) in [5.74, 6) is 2.60. The van der Waals surface area contributed by atoms with Gasteiger partial charge in [-0.25, -0.2) is 0 Å². The molecular weight excluding hydrogens is 380 g/mol. The van der Waals surface area contributed by atoms with Crippen LogP contribution < -0.4 is 20.4 Å². The molecule has 0 amide bonds. The number of aromatic nitrogens is 2. The zero-order valence-corrected chi connectivity index (χ0v) is 17.8. The lowest BCUT2D eigenvalue weighted by Gasteiger charge is -2.31. The van der Waals surface area contributed by atoms with E-state index in [1.807, 2.05) is 18.2 Å². The summed E-state index contributed by atoms with van der Waals surface area (Å²) in [6, 6.07) is 12.4. The van der Waals surface area contributed by atoms with E-state index in [2.05, 4.69) is 38.6 Å². The maximum Gasteiger partial charge on any atom is 0.232 e. The zero-order valence-electron chi connectivity index (χ0n) is 16.9. The molecule has 1 aromatic carbocycles. The van der Waals surface area contributed by atoms with E-state index < -0.39 is 0 Å². The van der Waals surface area contributed by atoms with Crippen LogP contribution in [-0.4, -0.2) is 41.3 Å². The summed E-state index contributed by atoms with van der Waals surface area (Å²) in [4.78, 5) is 14.4. The summed E-state index contributed by atoms with van der Waals surface area (Å²) in [5, 5.41) is 7.02. The molecule has 0 aliphatic carbocycles. The predicted molar refractivity (Wildman–Crippen MR) is 124 cm³/mol. The van der Waals surface area contributed by atoms with E-state index >= 15 is 0 Å². The van der Waals surface area contributed by atoms with Crippen molar-refractivity contribution in [2.75, 3.05) is 41.3 Å². The highest BCUT2D eigenvalue weighted by Crippen LogP contribution is 2.26. The molecule has 3 heterocycles. The van der Waals surface area contributed by atoms with Gasteiger partial charge in [-0.15, -0.1) is 0 Å². The van der Waals surface area contributed by atoms with Crippen molar-refractivity contribution in [3.63, 3.8) is 0 Å². The lowest BCUT2D eigenvalue weighted by atomic mass is 10.1. The zero-order chi connectivity index (χ0) is 19.9. The number of nitrogens with one attached hydrogen (secondary N) is 2. The lowest BCUT2D eigenvalue weighted by molar-refractivity contribution is 0.567. The minimum absolute atomic E-state index is 0.550. The fraction of sp³-hybridized carbons (Fsp3) is 0.500. The van der Waals surface area contributed by atoms with Crippen LogP contribution in [-0.2, 0) is 6.54 Å². The highest BCUT2D eigenvalue weighted by atomic mass is 32.1. The van der Waals surface area contributed by atoms with Crippen LogP contribution in [0.4, 0.5) is 17.6 Å². The van der Waals surface area contributed by atoms with Gasteiger partial charge in [-0.1, -0.05) is 30.3 Å². The second-order valence-electron chi connectivity index (χ2n) is 7.80. The molecule has 7 heteroatoms. The third-order valence-corrected chi connectivity index (χ3v) is 5.83. The average molecular weight is 411 g/mol. The second-order valence-corrected chi connectivity index (χ2v) is 8.20. The summed E-state index contributed by atoms with van der Waals surface area (Å²) in [6.07, 6.45) is 7.51. The average Bonchev–Trinajstić information content (AvgIpc) is 2.79. The van der Waals surface area contributed by atoms with Gasteiger partial charge >= 0.3 is 0 Å². The van der Waals surface area contributed by atoms with Gasteiger partial charge < -0.3 is 20.4 Å². The van der Waals surface area contributed by atoms with Crippen LogP contribution in [0.5, 0.6) is 0 Å². The molecule has 6 nitrogen and oxygen atoms in total. The van der Waals surface area contributed by atoms with Crippen LogP contribution in [0, 0.1) is 0 Å². The molecule has 4 rings (SSSR count). The molecule has 0 radical (unpaired) electrons. The molecule has 2 fully saturated rings. The van der Waals surface area contributed by atoms with Crippen molar-refractivity contribution in [2.45, 2.75) is 45.1 Å². The minimum Gasteiger partial charge on any atom is -0.358 e. The number of benzene rings is 1. The monoisotopic (exact) mass is 410 g/mol. The van der Waals surface area contributed by atoms with Gasteiger partial charge in [0.25, 0.3) is 0 Å². The molecule has 2 saturated heterocycles. The number of hydrogen-bond donors (Lipinski definition) is 2. The molecule has 2 aliphatic rings. The van der Waals surface area contributed by atoms with E-state index in [4.69, 9.17) is 22.2 Å². The van der Waals surface area contributed by atoms with E-state index in [-0.39, 0.29) is 0 Å². The number of piperidine rings is 2. The van der Waals surface area contributed by atoms with E-state index in [9.17, 15) is 0 Å². The van der Waals surface area contributed by atoms with Crippen LogP contribution in [0.3, 0.4) is 0 Å². The Morgan fingerprint density at radius 1 is 0.828 bits per heavy atom. The topological polar surface area (TPSA) is 56.3 Å². The second kappa shape index (κ2) is 9.87. The Hall–Kier alpha value is -2.41. The molecule has 0 unspecified atom stereocenters. The highest BCUT2D eigenvalue weighted by Gasteiger charge is 2.19. The SMILES string of the molecule is S=C(NCc1ccccc1)Nc1nc(N2CCCCC2)cc(N2CCCCC2)n1. The smallest absolute Gasteiger partial charge is 0.232 e. The summed E-state index contributed by atoms with van der Waals surface area (Å²) in [7, 11) is 0. The number of nitrogens with zero attached hydrogens (tertiary/aromatic N) is 4. The van der Waals surface area contributed by atoms with E-state index in [1.165, 1.54) is 44.1 Å². The maximum absolute atomic E-state index is 5.51. The Kier molecular flexibility index (Phi) is 6.77. The Morgan fingerprint density at radius 2 is 1.38 bits per heavy atom. The Balaban J connectivity index is 1.48. The first-order valence-electron chi connectivity index (χ1n) is 10.8. The van der Waals surface area contributed by atoms with Crippen LogP contribution in [0.1, 0.15) is 44.1 Å². The first-order chi connectivity index (χ1) is 14.3. The molecule has 2 aromatic rings. The minimum atomic E-state index is 0.550. The summed E-state index contributed by atoms with van der Waals surface area (Å²) >= 11 is 5.51. The van der Waals surface area contributed by atoms with Gasteiger partial charge in [-0.2, -0.15) is 9.97 Å². The normalized spacial score (nSPS) is 17.1. The van der Waals surface area contributed by atoms with Crippen molar-refractivity contribution in [3.8, 4) is 0 Å². The molecule has 0 atom stereocenters. The molecule has 0 bridgehead atoms. The fourth-order valence-electron chi connectivity index (χ4n) is 3.97. The van der Waals surface area contributed by atoms with Gasteiger partial charge in [-0.05, 0) is 56.3 Å². The molecular formula is C22H30N6S. The number of thiocarbonyl (C=S) groups is 1. The van der Waals surface area contributed by atoms with E-state index in [1.54, 1.807) is 0 Å². The summed E-state index contributed by atoms with van der Waals surface area (Å²) < 4.78 is 0. The predicted octanol–water partition coefficient (Wildman–Crippen LogP) is 3.94. The number of anilines is 3. The van der Waals surface area contributed by atoms with Gasteiger partial charge in [0, 0.05) is 38.8 Å². The van der Waals surface area contributed by atoms with E-state index in [0.717, 1.165) is 37.8 Å². The van der Waals surface area contributed by atoms with Gasteiger partial charge in [0.1, 0.15) is 11.6 Å². The highest BCUT2D eigenvalue weighted by molar-refractivity contribution is 7.80. The van der Waals surface area contributed by atoms with Crippen molar-refractivity contribution < 1.29 is 0 Å². The number of hydrogen-bond acceptors (Lipinski definition) is 5. The van der Waals surface area contributed by atoms with Crippen LogP contribution >= 0.6 is 12.2 Å². The molecule has 154 valence electrons.